The van der Waals surface area contributed by atoms with Crippen molar-refractivity contribution in [1.82, 2.24) is 9.13 Å². The highest BCUT2D eigenvalue weighted by Gasteiger charge is 2.21. The van der Waals surface area contributed by atoms with Crippen LogP contribution in [0.3, 0.4) is 0 Å². The van der Waals surface area contributed by atoms with Crippen molar-refractivity contribution in [2.45, 2.75) is 13.8 Å². The first kappa shape index (κ1) is 18.4. The van der Waals surface area contributed by atoms with Gasteiger partial charge in [0.15, 0.2) is 0 Å². The van der Waals surface area contributed by atoms with Gasteiger partial charge in [-0.15, -0.1) is 0 Å². The van der Waals surface area contributed by atoms with Gasteiger partial charge in [0.1, 0.15) is 5.56 Å². The van der Waals surface area contributed by atoms with Crippen LogP contribution in [0.5, 0.6) is 5.88 Å². The molecule has 0 bridgehead atoms. The van der Waals surface area contributed by atoms with Crippen molar-refractivity contribution in [1.29, 1.82) is 0 Å². The van der Waals surface area contributed by atoms with E-state index in [0.717, 1.165) is 20.4 Å². The summed E-state index contributed by atoms with van der Waals surface area (Å²) >= 11 is 0. The number of hydrogen-bond acceptors (Lipinski definition) is 4. The Bertz CT molecular complexity index is 1290. The third-order valence-electron chi connectivity index (χ3n) is 4.70. The normalized spacial score (nSPS) is 14.8. The van der Waals surface area contributed by atoms with Gasteiger partial charge < -0.3 is 5.11 Å². The molecular weight excluding hydrogens is 366 g/mol. The Balaban J connectivity index is 2.09. The molecule has 0 fully saturated rings. The molecule has 4 rings (SSSR count). The van der Waals surface area contributed by atoms with E-state index in [9.17, 15) is 14.7 Å². The summed E-state index contributed by atoms with van der Waals surface area (Å²) in [5, 5.41) is 10.9. The van der Waals surface area contributed by atoms with Gasteiger partial charge in [-0.3, -0.25) is 9.79 Å². The smallest absolute Gasteiger partial charge is 0.343 e. The lowest BCUT2D eigenvalue weighted by Gasteiger charge is -2.15. The minimum absolute atomic E-state index is 0.00138. The molecule has 0 amide bonds. The van der Waals surface area contributed by atoms with Gasteiger partial charge in [0.2, 0.25) is 5.88 Å². The lowest BCUT2D eigenvalue weighted by molar-refractivity contribution is 0.426. The molecule has 144 valence electrons. The SMILES string of the molecule is CC1=CC(C)=NC1=Cc1c(O)n(-c2ccccc2)c(=O)n(-c2ccccc2)c1=O. The Kier molecular flexibility index (Phi) is 4.60. The van der Waals surface area contributed by atoms with Crippen LogP contribution in [0.1, 0.15) is 19.4 Å². The van der Waals surface area contributed by atoms with Gasteiger partial charge in [-0.2, -0.15) is 0 Å². The molecule has 0 saturated carbocycles. The predicted octanol–water partition coefficient (Wildman–Crippen LogP) is 3.46. The quantitative estimate of drug-likeness (QED) is 0.750. The minimum atomic E-state index is -0.648. The molecule has 2 aromatic carbocycles. The third kappa shape index (κ3) is 3.25. The van der Waals surface area contributed by atoms with Gasteiger partial charge in [-0.25, -0.2) is 13.9 Å². The maximum Gasteiger partial charge on any atom is 0.343 e. The number of allylic oxidation sites excluding steroid dienone is 2. The van der Waals surface area contributed by atoms with E-state index in [1.165, 1.54) is 6.08 Å². The Labute approximate surface area is 167 Å². The number of aliphatic imine (C=N–C) groups is 1. The average Bonchev–Trinajstić information content (AvgIpc) is 3.04. The van der Waals surface area contributed by atoms with Crippen molar-refractivity contribution in [3.05, 3.63) is 104 Å². The van der Waals surface area contributed by atoms with Crippen LogP contribution >= 0.6 is 0 Å². The van der Waals surface area contributed by atoms with Crippen molar-refractivity contribution in [2.75, 3.05) is 0 Å². The maximum atomic E-state index is 13.2. The van der Waals surface area contributed by atoms with E-state index in [2.05, 4.69) is 4.99 Å². The van der Waals surface area contributed by atoms with Crippen LogP contribution in [0, 0.1) is 0 Å². The molecule has 0 unspecified atom stereocenters. The van der Waals surface area contributed by atoms with E-state index < -0.39 is 17.1 Å². The molecule has 0 saturated heterocycles. The predicted molar refractivity (Wildman–Crippen MR) is 114 cm³/mol. The first-order valence-corrected chi connectivity index (χ1v) is 9.15. The number of aromatic nitrogens is 2. The zero-order valence-electron chi connectivity index (χ0n) is 16.0. The van der Waals surface area contributed by atoms with E-state index in [1.807, 2.05) is 26.0 Å². The average molecular weight is 385 g/mol. The van der Waals surface area contributed by atoms with Gasteiger partial charge in [0.05, 0.1) is 17.1 Å². The van der Waals surface area contributed by atoms with Crippen molar-refractivity contribution >= 4 is 11.8 Å². The highest BCUT2D eigenvalue weighted by molar-refractivity contribution is 5.98. The van der Waals surface area contributed by atoms with Crippen LogP contribution in [0.4, 0.5) is 0 Å². The first-order chi connectivity index (χ1) is 14.0. The second-order valence-electron chi connectivity index (χ2n) is 6.78. The maximum absolute atomic E-state index is 13.2. The van der Waals surface area contributed by atoms with Crippen LogP contribution in [-0.2, 0) is 0 Å². The van der Waals surface area contributed by atoms with Gasteiger partial charge in [-0.1, -0.05) is 36.4 Å². The molecule has 3 aromatic rings. The van der Waals surface area contributed by atoms with E-state index >= 15 is 0 Å². The van der Waals surface area contributed by atoms with Gasteiger partial charge in [0.25, 0.3) is 5.56 Å². The zero-order chi connectivity index (χ0) is 20.5. The lowest BCUT2D eigenvalue weighted by Crippen LogP contribution is -2.39. The minimum Gasteiger partial charge on any atom is -0.494 e. The Morgan fingerprint density at radius 3 is 1.93 bits per heavy atom. The summed E-state index contributed by atoms with van der Waals surface area (Å²) in [7, 11) is 0. The molecular formula is C23H19N3O3. The summed E-state index contributed by atoms with van der Waals surface area (Å²) in [6.07, 6.45) is 3.42. The molecule has 6 heteroatoms. The summed E-state index contributed by atoms with van der Waals surface area (Å²) in [5.74, 6) is -0.418. The summed E-state index contributed by atoms with van der Waals surface area (Å²) in [5.41, 5.74) is 1.89. The molecule has 1 N–H and O–H groups in total. The Morgan fingerprint density at radius 1 is 0.862 bits per heavy atom. The molecule has 0 aliphatic carbocycles. The topological polar surface area (TPSA) is 76.6 Å². The molecule has 0 radical (unpaired) electrons. The molecule has 1 aromatic heterocycles. The molecule has 0 spiro atoms. The van der Waals surface area contributed by atoms with Crippen LogP contribution in [0.2, 0.25) is 0 Å². The summed E-state index contributed by atoms with van der Waals surface area (Å²) in [6, 6.07) is 17.4. The molecule has 29 heavy (non-hydrogen) atoms. The lowest BCUT2D eigenvalue weighted by atomic mass is 10.1. The highest BCUT2D eigenvalue weighted by atomic mass is 16.3. The molecule has 6 nitrogen and oxygen atoms in total. The van der Waals surface area contributed by atoms with Gasteiger partial charge in [-0.05, 0) is 55.8 Å². The fourth-order valence-electron chi connectivity index (χ4n) is 3.34. The Hall–Kier alpha value is -3.93. The second kappa shape index (κ2) is 7.24. The van der Waals surface area contributed by atoms with Crippen molar-refractivity contribution < 1.29 is 5.11 Å². The summed E-state index contributed by atoms with van der Waals surface area (Å²) < 4.78 is 2.19. The summed E-state index contributed by atoms with van der Waals surface area (Å²) in [6.45, 7) is 3.74. The fourth-order valence-corrected chi connectivity index (χ4v) is 3.34. The van der Waals surface area contributed by atoms with E-state index in [0.29, 0.717) is 17.1 Å². The number of rotatable bonds is 3. The molecule has 2 heterocycles. The highest BCUT2D eigenvalue weighted by Crippen LogP contribution is 2.25. The van der Waals surface area contributed by atoms with Crippen LogP contribution in [0.15, 0.2) is 92.6 Å². The van der Waals surface area contributed by atoms with Crippen molar-refractivity contribution in [3.63, 3.8) is 0 Å². The van der Waals surface area contributed by atoms with Gasteiger partial charge >= 0.3 is 5.69 Å². The van der Waals surface area contributed by atoms with E-state index in [1.54, 1.807) is 54.6 Å². The van der Waals surface area contributed by atoms with Gasteiger partial charge in [0, 0.05) is 5.71 Å². The van der Waals surface area contributed by atoms with E-state index in [4.69, 9.17) is 0 Å². The molecule has 1 aliphatic rings. The Morgan fingerprint density at radius 2 is 1.41 bits per heavy atom. The van der Waals surface area contributed by atoms with Crippen molar-refractivity contribution in [2.24, 2.45) is 4.99 Å². The van der Waals surface area contributed by atoms with Crippen LogP contribution in [-0.4, -0.2) is 20.0 Å². The first-order valence-electron chi connectivity index (χ1n) is 9.15. The number of hydrogen-bond donors (Lipinski definition) is 1. The third-order valence-corrected chi connectivity index (χ3v) is 4.70. The fraction of sp³-hybridized carbons (Fsp3) is 0.0870. The monoisotopic (exact) mass is 385 g/mol. The second-order valence-corrected chi connectivity index (χ2v) is 6.78. The zero-order valence-corrected chi connectivity index (χ0v) is 16.0. The number of benzene rings is 2. The standard InChI is InChI=1S/C23H19N3O3/c1-15-13-16(2)24-20(15)14-19-21(27)25(17-9-5-3-6-10-17)23(29)26(22(19)28)18-11-7-4-8-12-18/h3-14,27H,1-2H3. The molecule has 0 atom stereocenters. The number of aromatic hydroxyl groups is 1. The molecule has 1 aliphatic heterocycles. The van der Waals surface area contributed by atoms with Crippen LogP contribution in [0.25, 0.3) is 17.5 Å². The number of nitrogens with zero attached hydrogens (tertiary/aromatic N) is 3. The van der Waals surface area contributed by atoms with E-state index in [-0.39, 0.29) is 5.56 Å². The van der Waals surface area contributed by atoms with Crippen LogP contribution < -0.4 is 11.2 Å². The summed E-state index contributed by atoms with van der Waals surface area (Å²) in [4.78, 5) is 30.9. The van der Waals surface area contributed by atoms with Crippen molar-refractivity contribution in [3.8, 4) is 17.3 Å². The largest absolute Gasteiger partial charge is 0.494 e. The number of para-hydroxylation sites is 2.